The summed E-state index contributed by atoms with van der Waals surface area (Å²) < 4.78 is 41.1. The highest BCUT2D eigenvalue weighted by Crippen LogP contribution is 2.27. The summed E-state index contributed by atoms with van der Waals surface area (Å²) in [5, 5.41) is 5.07. The molecule has 0 saturated carbocycles. The molecule has 7 heteroatoms. The first-order valence-electron chi connectivity index (χ1n) is 5.56. The third-order valence-corrected chi connectivity index (χ3v) is 3.78. The molecule has 0 amide bonds. The Morgan fingerprint density at radius 2 is 1.90 bits per heavy atom. The van der Waals surface area contributed by atoms with Gasteiger partial charge in [0, 0.05) is 5.56 Å². The van der Waals surface area contributed by atoms with Crippen LogP contribution in [-0.4, -0.2) is 8.42 Å². The molecule has 2 aromatic rings. The lowest BCUT2D eigenvalue weighted by Crippen LogP contribution is -2.12. The fraction of sp³-hybridized carbons (Fsp3) is 0.0769. The van der Waals surface area contributed by atoms with Crippen molar-refractivity contribution in [1.82, 2.24) is 0 Å². The summed E-state index contributed by atoms with van der Waals surface area (Å²) >= 11 is 5.90. The molecule has 0 bridgehead atoms. The molecule has 0 heterocycles. The Balaban J connectivity index is 2.17. The summed E-state index contributed by atoms with van der Waals surface area (Å²) in [7, 11) is -3.82. The summed E-state index contributed by atoms with van der Waals surface area (Å²) in [5.74, 6) is -0.132. The van der Waals surface area contributed by atoms with Crippen LogP contribution >= 0.6 is 11.6 Å². The average Bonchev–Trinajstić information content (AvgIpc) is 2.38. The molecule has 0 saturated heterocycles. The molecule has 0 aliphatic rings. The maximum absolute atomic E-state index is 13.4. The topological polar surface area (TPSA) is 69.4 Å². The van der Waals surface area contributed by atoms with Crippen LogP contribution in [0, 0.1) is 5.82 Å². The van der Waals surface area contributed by atoms with Gasteiger partial charge in [-0.25, -0.2) is 17.9 Å². The van der Waals surface area contributed by atoms with Crippen molar-refractivity contribution in [3.8, 4) is 5.75 Å². The van der Waals surface area contributed by atoms with E-state index in [9.17, 15) is 12.8 Å². The van der Waals surface area contributed by atoms with Crippen molar-refractivity contribution in [3.05, 3.63) is 58.9 Å². The predicted octanol–water partition coefficient (Wildman–Crippen LogP) is 2.71. The lowest BCUT2D eigenvalue weighted by molar-refractivity contribution is 0.300. The number of benzene rings is 2. The summed E-state index contributed by atoms with van der Waals surface area (Å²) in [5.41, 5.74) is 0.374. The van der Waals surface area contributed by atoms with Gasteiger partial charge in [0.1, 0.15) is 18.2 Å². The van der Waals surface area contributed by atoms with Gasteiger partial charge in [0.15, 0.2) is 0 Å². The molecule has 0 atom stereocenters. The number of nitrogens with two attached hydrogens (primary N) is 1. The van der Waals surface area contributed by atoms with E-state index in [4.69, 9.17) is 21.5 Å². The number of hydrogen-bond acceptors (Lipinski definition) is 3. The smallest absolute Gasteiger partial charge is 0.238 e. The molecule has 0 aliphatic carbocycles. The molecular weight excluding hydrogens is 305 g/mol. The van der Waals surface area contributed by atoms with Crippen LogP contribution in [0.15, 0.2) is 47.4 Å². The minimum Gasteiger partial charge on any atom is -0.487 e. The SMILES string of the molecule is NS(=O)(=O)c1ccc(OCc2ccccc2F)c(Cl)c1. The maximum atomic E-state index is 13.4. The minimum atomic E-state index is -3.82. The molecule has 0 aromatic heterocycles. The molecule has 0 aliphatic heterocycles. The molecule has 0 fully saturated rings. The number of ether oxygens (including phenoxy) is 1. The second-order valence-electron chi connectivity index (χ2n) is 4.02. The average molecular weight is 316 g/mol. The van der Waals surface area contributed by atoms with Gasteiger partial charge in [0.05, 0.1) is 9.92 Å². The van der Waals surface area contributed by atoms with Crippen LogP contribution in [-0.2, 0) is 16.6 Å². The fourth-order valence-electron chi connectivity index (χ4n) is 1.55. The maximum Gasteiger partial charge on any atom is 0.238 e. The molecule has 4 nitrogen and oxygen atoms in total. The van der Waals surface area contributed by atoms with Crippen molar-refractivity contribution < 1.29 is 17.5 Å². The van der Waals surface area contributed by atoms with E-state index in [1.54, 1.807) is 18.2 Å². The largest absolute Gasteiger partial charge is 0.487 e. The number of sulfonamides is 1. The van der Waals surface area contributed by atoms with Crippen molar-refractivity contribution in [2.75, 3.05) is 0 Å². The third kappa shape index (κ3) is 3.47. The zero-order valence-electron chi connectivity index (χ0n) is 10.2. The van der Waals surface area contributed by atoms with E-state index in [-0.39, 0.29) is 28.1 Å². The van der Waals surface area contributed by atoms with E-state index in [1.807, 2.05) is 0 Å². The van der Waals surface area contributed by atoms with Gasteiger partial charge in [0.25, 0.3) is 0 Å². The Bertz CT molecular complexity index is 734. The standard InChI is InChI=1S/C13H11ClFNO3S/c14-11-7-10(20(16,17)18)5-6-13(11)19-8-9-3-1-2-4-12(9)15/h1-7H,8H2,(H2,16,17,18). The van der Waals surface area contributed by atoms with Gasteiger partial charge in [-0.15, -0.1) is 0 Å². The monoisotopic (exact) mass is 315 g/mol. The lowest BCUT2D eigenvalue weighted by atomic mass is 10.2. The van der Waals surface area contributed by atoms with E-state index in [2.05, 4.69) is 0 Å². The quantitative estimate of drug-likeness (QED) is 0.943. The van der Waals surface area contributed by atoms with Crippen LogP contribution in [0.5, 0.6) is 5.75 Å². The van der Waals surface area contributed by atoms with Crippen LogP contribution in [0.2, 0.25) is 5.02 Å². The van der Waals surface area contributed by atoms with E-state index in [0.29, 0.717) is 5.56 Å². The predicted molar refractivity (Wildman–Crippen MR) is 73.6 cm³/mol. The summed E-state index contributed by atoms with van der Waals surface area (Å²) in [6.07, 6.45) is 0. The number of hydrogen-bond donors (Lipinski definition) is 1. The molecule has 2 aromatic carbocycles. The van der Waals surface area contributed by atoms with Crippen LogP contribution in [0.4, 0.5) is 4.39 Å². The van der Waals surface area contributed by atoms with Crippen LogP contribution < -0.4 is 9.88 Å². The van der Waals surface area contributed by atoms with Crippen molar-refractivity contribution >= 4 is 21.6 Å². The molecule has 2 rings (SSSR count). The normalized spacial score (nSPS) is 11.3. The van der Waals surface area contributed by atoms with Crippen LogP contribution in [0.3, 0.4) is 0 Å². The van der Waals surface area contributed by atoms with Gasteiger partial charge in [-0.1, -0.05) is 29.8 Å². The number of halogens is 2. The number of primary sulfonamides is 1. The van der Waals surface area contributed by atoms with Gasteiger partial charge in [-0.05, 0) is 24.3 Å². The van der Waals surface area contributed by atoms with Gasteiger partial charge >= 0.3 is 0 Å². The third-order valence-electron chi connectivity index (χ3n) is 2.57. The zero-order valence-corrected chi connectivity index (χ0v) is 11.8. The summed E-state index contributed by atoms with van der Waals surface area (Å²) in [6.45, 7) is -0.0128. The van der Waals surface area contributed by atoms with E-state index in [0.717, 1.165) is 0 Å². The van der Waals surface area contributed by atoms with Crippen LogP contribution in [0.1, 0.15) is 5.56 Å². The highest BCUT2D eigenvalue weighted by Gasteiger charge is 2.11. The van der Waals surface area contributed by atoms with Crippen LogP contribution in [0.25, 0.3) is 0 Å². The molecular formula is C13H11ClFNO3S. The van der Waals surface area contributed by atoms with Crippen molar-refractivity contribution in [3.63, 3.8) is 0 Å². The highest BCUT2D eigenvalue weighted by atomic mass is 35.5. The van der Waals surface area contributed by atoms with Gasteiger partial charge in [-0.3, -0.25) is 0 Å². The zero-order chi connectivity index (χ0) is 14.8. The first kappa shape index (κ1) is 14.8. The second kappa shape index (κ2) is 5.78. The second-order valence-corrected chi connectivity index (χ2v) is 5.99. The Labute approximate surface area is 121 Å². The Morgan fingerprint density at radius 3 is 2.50 bits per heavy atom. The van der Waals surface area contributed by atoms with Gasteiger partial charge in [-0.2, -0.15) is 0 Å². The van der Waals surface area contributed by atoms with Crippen molar-refractivity contribution in [1.29, 1.82) is 0 Å². The molecule has 20 heavy (non-hydrogen) atoms. The fourth-order valence-corrected chi connectivity index (χ4v) is 2.39. The summed E-state index contributed by atoms with van der Waals surface area (Å²) in [4.78, 5) is -0.110. The molecule has 106 valence electrons. The highest BCUT2D eigenvalue weighted by molar-refractivity contribution is 7.89. The first-order chi connectivity index (χ1) is 9.38. The van der Waals surface area contributed by atoms with Gasteiger partial charge in [0.2, 0.25) is 10.0 Å². The lowest BCUT2D eigenvalue weighted by Gasteiger charge is -2.09. The molecule has 2 N–H and O–H groups in total. The Kier molecular flexibility index (Phi) is 4.27. The van der Waals surface area contributed by atoms with Gasteiger partial charge < -0.3 is 4.74 Å². The van der Waals surface area contributed by atoms with E-state index >= 15 is 0 Å². The van der Waals surface area contributed by atoms with E-state index in [1.165, 1.54) is 24.3 Å². The Morgan fingerprint density at radius 1 is 1.20 bits per heavy atom. The van der Waals surface area contributed by atoms with Crippen molar-refractivity contribution in [2.45, 2.75) is 11.5 Å². The minimum absolute atomic E-state index is 0.0128. The molecule has 0 spiro atoms. The molecule has 0 unspecified atom stereocenters. The number of rotatable bonds is 4. The Hall–Kier alpha value is -1.63. The van der Waals surface area contributed by atoms with Crippen molar-refractivity contribution in [2.24, 2.45) is 5.14 Å². The summed E-state index contributed by atoms with van der Waals surface area (Å²) in [6, 6.07) is 10.0. The first-order valence-corrected chi connectivity index (χ1v) is 7.49. The molecule has 0 radical (unpaired) electrons. The van der Waals surface area contributed by atoms with E-state index < -0.39 is 10.0 Å².